The van der Waals surface area contributed by atoms with Crippen LogP contribution in [0.4, 0.5) is 0 Å². The summed E-state index contributed by atoms with van der Waals surface area (Å²) in [5, 5.41) is 3.61. The minimum absolute atomic E-state index is 0.0409. The predicted molar refractivity (Wildman–Crippen MR) is 112 cm³/mol. The fourth-order valence-corrected chi connectivity index (χ4v) is 6.75. The van der Waals surface area contributed by atoms with Crippen molar-refractivity contribution in [2.45, 2.75) is 60.9 Å². The molecule has 0 saturated carbocycles. The van der Waals surface area contributed by atoms with Gasteiger partial charge < -0.3 is 0 Å². The summed E-state index contributed by atoms with van der Waals surface area (Å²) in [6.07, 6.45) is 3.14. The second kappa shape index (κ2) is 8.18. The van der Waals surface area contributed by atoms with Crippen LogP contribution in [0.25, 0.3) is 0 Å². The third-order valence-corrected chi connectivity index (χ3v) is 8.47. The molecular weight excluding hydrogens is 410 g/mol. The first kappa shape index (κ1) is 22.0. The van der Waals surface area contributed by atoms with Crippen molar-refractivity contribution in [3.05, 3.63) is 59.7 Å². The molecule has 0 amide bonds. The van der Waals surface area contributed by atoms with Crippen molar-refractivity contribution in [1.29, 1.82) is 0 Å². The van der Waals surface area contributed by atoms with E-state index < -0.39 is 36.4 Å². The number of sulfone groups is 1. The van der Waals surface area contributed by atoms with Crippen molar-refractivity contribution in [3.8, 4) is 0 Å². The molecule has 2 atom stereocenters. The van der Waals surface area contributed by atoms with Gasteiger partial charge in [-0.15, -0.1) is 0 Å². The van der Waals surface area contributed by atoms with Gasteiger partial charge in [0.25, 0.3) is 10.1 Å². The fourth-order valence-electron chi connectivity index (χ4n) is 4.00. The minimum atomic E-state index is -4.51. The van der Waals surface area contributed by atoms with E-state index in [-0.39, 0.29) is 10.6 Å². The summed E-state index contributed by atoms with van der Waals surface area (Å²) in [7, 11) is -8.30. The zero-order valence-electron chi connectivity index (χ0n) is 16.6. The lowest BCUT2D eigenvalue weighted by Crippen LogP contribution is -2.50. The standard InChI is InChI=1S/C21H27NO5S2/c1-3-5-13-21(4-2)15-28(23,24)19-14-17(29(25,26)27)11-12-18(19)20(22-21)16-9-7-6-8-10-16/h6-12,14,20,22H,3-5,13,15H2,1-2H3,(H,25,26,27). The van der Waals surface area contributed by atoms with Crippen molar-refractivity contribution < 1.29 is 21.4 Å². The molecule has 2 aromatic carbocycles. The van der Waals surface area contributed by atoms with Gasteiger partial charge in [0, 0.05) is 5.54 Å². The second-order valence-electron chi connectivity index (χ2n) is 7.66. The van der Waals surface area contributed by atoms with Crippen LogP contribution in [0.3, 0.4) is 0 Å². The summed E-state index contributed by atoms with van der Waals surface area (Å²) < 4.78 is 59.5. The lowest BCUT2D eigenvalue weighted by molar-refractivity contribution is 0.295. The normalized spacial score (nSPS) is 23.9. The molecule has 8 heteroatoms. The first-order chi connectivity index (χ1) is 13.6. The van der Waals surface area contributed by atoms with E-state index in [0.29, 0.717) is 18.4 Å². The topological polar surface area (TPSA) is 101 Å². The Morgan fingerprint density at radius 3 is 2.41 bits per heavy atom. The summed E-state index contributed by atoms with van der Waals surface area (Å²) in [5.41, 5.74) is 0.766. The molecule has 2 N–H and O–H groups in total. The third kappa shape index (κ3) is 4.55. The molecular formula is C21H27NO5S2. The monoisotopic (exact) mass is 437 g/mol. The Labute approximate surface area is 173 Å². The van der Waals surface area contributed by atoms with Crippen LogP contribution in [-0.4, -0.2) is 32.7 Å². The van der Waals surface area contributed by atoms with E-state index in [1.54, 1.807) is 0 Å². The quantitative estimate of drug-likeness (QED) is 0.668. The van der Waals surface area contributed by atoms with Crippen LogP contribution >= 0.6 is 0 Å². The van der Waals surface area contributed by atoms with E-state index in [1.165, 1.54) is 12.1 Å². The van der Waals surface area contributed by atoms with Gasteiger partial charge in [0.2, 0.25) is 0 Å². The highest BCUT2D eigenvalue weighted by Crippen LogP contribution is 2.38. The Morgan fingerprint density at radius 1 is 1.14 bits per heavy atom. The van der Waals surface area contributed by atoms with Gasteiger partial charge in [-0.25, -0.2) is 8.42 Å². The number of hydrogen-bond acceptors (Lipinski definition) is 5. The van der Waals surface area contributed by atoms with Crippen molar-refractivity contribution in [3.63, 3.8) is 0 Å². The van der Waals surface area contributed by atoms with E-state index in [0.717, 1.165) is 24.5 Å². The third-order valence-electron chi connectivity index (χ3n) is 5.66. The van der Waals surface area contributed by atoms with Gasteiger partial charge in [0.1, 0.15) is 0 Å². The first-order valence-corrected chi connectivity index (χ1v) is 12.9. The maximum atomic E-state index is 13.4. The highest BCUT2D eigenvalue weighted by molar-refractivity contribution is 7.91. The fraction of sp³-hybridized carbons (Fsp3) is 0.429. The summed E-state index contributed by atoms with van der Waals surface area (Å²) in [6.45, 7) is 4.04. The number of unbranched alkanes of at least 4 members (excludes halogenated alkanes) is 1. The Balaban J connectivity index is 2.26. The van der Waals surface area contributed by atoms with Gasteiger partial charge in [0.05, 0.1) is 21.6 Å². The molecule has 0 fully saturated rings. The highest BCUT2D eigenvalue weighted by Gasteiger charge is 2.42. The molecule has 1 aliphatic heterocycles. The van der Waals surface area contributed by atoms with Gasteiger partial charge in [-0.2, -0.15) is 8.42 Å². The summed E-state index contributed by atoms with van der Waals surface area (Å²) >= 11 is 0. The van der Waals surface area contributed by atoms with Crippen LogP contribution in [0, 0.1) is 0 Å². The van der Waals surface area contributed by atoms with Crippen LogP contribution in [0.15, 0.2) is 58.3 Å². The van der Waals surface area contributed by atoms with E-state index in [1.807, 2.05) is 37.3 Å². The van der Waals surface area contributed by atoms with E-state index >= 15 is 0 Å². The Bertz CT molecular complexity index is 1080. The second-order valence-corrected chi connectivity index (χ2v) is 11.0. The zero-order valence-corrected chi connectivity index (χ0v) is 18.3. The molecule has 0 spiro atoms. The Hall–Kier alpha value is -1.74. The van der Waals surface area contributed by atoms with E-state index in [2.05, 4.69) is 12.2 Å². The van der Waals surface area contributed by atoms with E-state index in [4.69, 9.17) is 0 Å². The van der Waals surface area contributed by atoms with Crippen LogP contribution in [-0.2, 0) is 20.0 Å². The molecule has 0 bridgehead atoms. The summed E-state index contributed by atoms with van der Waals surface area (Å²) in [6, 6.07) is 13.0. The van der Waals surface area contributed by atoms with Crippen molar-refractivity contribution in [1.82, 2.24) is 5.32 Å². The average molecular weight is 438 g/mol. The number of fused-ring (bicyclic) bond motifs is 1. The Kier molecular flexibility index (Phi) is 6.19. The van der Waals surface area contributed by atoms with Gasteiger partial charge >= 0.3 is 0 Å². The van der Waals surface area contributed by atoms with Crippen LogP contribution in [0.2, 0.25) is 0 Å². The number of benzene rings is 2. The predicted octanol–water partition coefficient (Wildman–Crippen LogP) is 3.74. The number of hydrogen-bond donors (Lipinski definition) is 2. The zero-order chi connectivity index (χ0) is 21.3. The molecule has 0 radical (unpaired) electrons. The molecule has 29 heavy (non-hydrogen) atoms. The lowest BCUT2D eigenvalue weighted by Gasteiger charge is -2.35. The largest absolute Gasteiger partial charge is 0.300 e. The molecule has 0 saturated heterocycles. The highest BCUT2D eigenvalue weighted by atomic mass is 32.2. The van der Waals surface area contributed by atoms with Crippen LogP contribution < -0.4 is 5.32 Å². The molecule has 1 heterocycles. The molecule has 1 aliphatic rings. The van der Waals surface area contributed by atoms with Crippen molar-refractivity contribution >= 4 is 20.0 Å². The molecule has 2 unspecified atom stereocenters. The molecule has 0 aromatic heterocycles. The SMILES string of the molecule is CCCCC1(CC)CS(=O)(=O)c2cc(S(=O)(=O)O)ccc2C(c2ccccc2)N1. The van der Waals surface area contributed by atoms with Gasteiger partial charge in [-0.1, -0.05) is 63.1 Å². The summed E-state index contributed by atoms with van der Waals surface area (Å²) in [5.74, 6) is -0.123. The average Bonchev–Trinajstić information content (AvgIpc) is 2.79. The van der Waals surface area contributed by atoms with Gasteiger partial charge in [-0.05, 0) is 36.1 Å². The smallest absolute Gasteiger partial charge is 0.294 e. The molecule has 0 aliphatic carbocycles. The molecule has 6 nitrogen and oxygen atoms in total. The van der Waals surface area contributed by atoms with Crippen molar-refractivity contribution in [2.75, 3.05) is 5.75 Å². The maximum absolute atomic E-state index is 13.4. The number of rotatable bonds is 6. The Morgan fingerprint density at radius 2 is 1.83 bits per heavy atom. The molecule has 2 aromatic rings. The number of nitrogens with one attached hydrogen (secondary N) is 1. The first-order valence-electron chi connectivity index (χ1n) is 9.79. The summed E-state index contributed by atoms with van der Waals surface area (Å²) in [4.78, 5) is -0.454. The van der Waals surface area contributed by atoms with E-state index in [9.17, 15) is 21.4 Å². The van der Waals surface area contributed by atoms with Crippen LogP contribution in [0.1, 0.15) is 56.7 Å². The lowest BCUT2D eigenvalue weighted by atomic mass is 9.88. The maximum Gasteiger partial charge on any atom is 0.294 e. The van der Waals surface area contributed by atoms with Gasteiger partial charge in [0.15, 0.2) is 9.84 Å². The minimum Gasteiger partial charge on any atom is -0.300 e. The molecule has 3 rings (SSSR count). The van der Waals surface area contributed by atoms with Crippen LogP contribution in [0.5, 0.6) is 0 Å². The van der Waals surface area contributed by atoms with Crippen molar-refractivity contribution in [2.24, 2.45) is 0 Å². The van der Waals surface area contributed by atoms with Gasteiger partial charge in [-0.3, -0.25) is 9.87 Å². The molecule has 158 valence electrons.